The topological polar surface area (TPSA) is 175 Å². The first-order valence-corrected chi connectivity index (χ1v) is 37.8. The smallest absolute Gasteiger partial charge is 0.305 e. The summed E-state index contributed by atoms with van der Waals surface area (Å²) in [6.45, 7) is 4.33. The lowest BCUT2D eigenvalue weighted by atomic mass is 9.99. The molecule has 512 valence electrons. The zero-order valence-electron chi connectivity index (χ0n) is 57.0. The average molecular weight is 1230 g/mol. The fraction of sp³-hybridized carbons (Fsp3) is 0.895. The maximum Gasteiger partial charge on any atom is 0.305 e. The Balaban J connectivity index is 1.86. The van der Waals surface area contributed by atoms with Crippen LogP contribution in [0.15, 0.2) is 36.5 Å². The first kappa shape index (κ1) is 82.9. The van der Waals surface area contributed by atoms with Crippen LogP contribution in [0.5, 0.6) is 0 Å². The minimum Gasteiger partial charge on any atom is -0.466 e. The maximum atomic E-state index is 13.0. The summed E-state index contributed by atoms with van der Waals surface area (Å²) < 4.78 is 16.7. The fourth-order valence-corrected chi connectivity index (χ4v) is 12.1. The molecule has 1 amide bonds. The molecule has 87 heavy (non-hydrogen) atoms. The molecule has 0 aromatic heterocycles. The van der Waals surface area contributed by atoms with Gasteiger partial charge in [0.2, 0.25) is 5.91 Å². The number of aliphatic hydroxyl groups is 5. The van der Waals surface area contributed by atoms with E-state index in [0.29, 0.717) is 19.4 Å². The summed E-state index contributed by atoms with van der Waals surface area (Å²) in [4.78, 5) is 25.2. The lowest BCUT2D eigenvalue weighted by Crippen LogP contribution is -2.60. The summed E-state index contributed by atoms with van der Waals surface area (Å²) in [7, 11) is 0. The largest absolute Gasteiger partial charge is 0.466 e. The van der Waals surface area contributed by atoms with Crippen LogP contribution in [0, 0.1) is 0 Å². The number of amides is 1. The third-order valence-electron chi connectivity index (χ3n) is 18.0. The van der Waals surface area contributed by atoms with Gasteiger partial charge < -0.3 is 45.1 Å². The van der Waals surface area contributed by atoms with Gasteiger partial charge in [-0.3, -0.25) is 9.59 Å². The van der Waals surface area contributed by atoms with E-state index in [9.17, 15) is 35.1 Å². The van der Waals surface area contributed by atoms with Gasteiger partial charge in [0.15, 0.2) is 6.29 Å². The van der Waals surface area contributed by atoms with Crippen molar-refractivity contribution in [1.29, 1.82) is 0 Å². The van der Waals surface area contributed by atoms with E-state index < -0.39 is 49.5 Å². The Bertz CT molecular complexity index is 1540. The summed E-state index contributed by atoms with van der Waals surface area (Å²) in [5, 5.41) is 54.3. The minimum absolute atomic E-state index is 0.00940. The second kappa shape index (κ2) is 65.4. The van der Waals surface area contributed by atoms with Crippen molar-refractivity contribution in [3.8, 4) is 0 Å². The molecule has 7 atom stereocenters. The summed E-state index contributed by atoms with van der Waals surface area (Å²) in [5.41, 5.74) is 0. The number of hydrogen-bond acceptors (Lipinski definition) is 10. The van der Waals surface area contributed by atoms with E-state index in [1.54, 1.807) is 6.08 Å². The Labute approximate surface area is 536 Å². The monoisotopic (exact) mass is 1230 g/mol. The van der Waals surface area contributed by atoms with Crippen LogP contribution in [-0.2, 0) is 23.8 Å². The van der Waals surface area contributed by atoms with Crippen LogP contribution in [0.4, 0.5) is 0 Å². The molecule has 0 saturated carbocycles. The zero-order valence-corrected chi connectivity index (χ0v) is 57.0. The SMILES string of the molecule is CCCCC/C=C\C/C=C\CCCCCCCCCCCC(=O)OCCCCCCCCCCCCCCCCCCCCCCCCCCCCCCCCCC(=O)NC(COC1OC(CO)C(O)C(O)C1O)C(O)/C=C/CCCCCCCCC. The van der Waals surface area contributed by atoms with Gasteiger partial charge in [0.1, 0.15) is 24.4 Å². The number of nitrogens with one attached hydrogen (secondary N) is 1. The van der Waals surface area contributed by atoms with E-state index in [-0.39, 0.29) is 18.5 Å². The third kappa shape index (κ3) is 54.2. The Hall–Kier alpha value is -2.12. The van der Waals surface area contributed by atoms with Crippen LogP contribution in [0.25, 0.3) is 0 Å². The summed E-state index contributed by atoms with van der Waals surface area (Å²) >= 11 is 0. The number of esters is 1. The second-order valence-electron chi connectivity index (χ2n) is 26.4. The first-order valence-electron chi connectivity index (χ1n) is 37.8. The van der Waals surface area contributed by atoms with Crippen molar-refractivity contribution in [3.63, 3.8) is 0 Å². The molecule has 1 fully saturated rings. The third-order valence-corrected chi connectivity index (χ3v) is 18.0. The highest BCUT2D eigenvalue weighted by molar-refractivity contribution is 5.76. The van der Waals surface area contributed by atoms with E-state index in [4.69, 9.17) is 14.2 Å². The number of carbonyl (C=O) groups is 2. The summed E-state index contributed by atoms with van der Waals surface area (Å²) in [6, 6.07) is -0.805. The van der Waals surface area contributed by atoms with Crippen molar-refractivity contribution < 1.29 is 49.3 Å². The predicted octanol–water partition coefficient (Wildman–Crippen LogP) is 19.7. The molecule has 6 N–H and O–H groups in total. The van der Waals surface area contributed by atoms with E-state index >= 15 is 0 Å². The van der Waals surface area contributed by atoms with Crippen LogP contribution in [0.2, 0.25) is 0 Å². The molecule has 1 saturated heterocycles. The van der Waals surface area contributed by atoms with E-state index in [0.717, 1.165) is 64.2 Å². The Kier molecular flexibility index (Phi) is 62.3. The number of carbonyl (C=O) groups excluding carboxylic acids is 2. The Morgan fingerprint density at radius 3 is 1.18 bits per heavy atom. The number of rotatable bonds is 67. The predicted molar refractivity (Wildman–Crippen MR) is 366 cm³/mol. The lowest BCUT2D eigenvalue weighted by molar-refractivity contribution is -0.302. The van der Waals surface area contributed by atoms with Crippen molar-refractivity contribution in [1.82, 2.24) is 5.32 Å². The molecular weight excluding hydrogens is 1090 g/mol. The van der Waals surface area contributed by atoms with Crippen molar-refractivity contribution in [3.05, 3.63) is 36.5 Å². The maximum absolute atomic E-state index is 13.0. The van der Waals surface area contributed by atoms with Crippen molar-refractivity contribution in [2.75, 3.05) is 19.8 Å². The molecule has 1 rings (SSSR count). The fourth-order valence-electron chi connectivity index (χ4n) is 12.1. The molecule has 7 unspecified atom stereocenters. The summed E-state index contributed by atoms with van der Waals surface area (Å²) in [5.74, 6) is -0.169. The second-order valence-corrected chi connectivity index (χ2v) is 26.4. The molecule has 1 heterocycles. The molecule has 0 aromatic carbocycles. The van der Waals surface area contributed by atoms with Crippen molar-refractivity contribution in [2.24, 2.45) is 0 Å². The van der Waals surface area contributed by atoms with Crippen molar-refractivity contribution >= 4 is 11.9 Å². The van der Waals surface area contributed by atoms with Crippen molar-refractivity contribution in [2.45, 2.75) is 416 Å². The van der Waals surface area contributed by atoms with E-state index in [1.807, 2.05) is 6.08 Å². The van der Waals surface area contributed by atoms with Gasteiger partial charge in [-0.15, -0.1) is 0 Å². The van der Waals surface area contributed by atoms with Gasteiger partial charge in [-0.2, -0.15) is 0 Å². The number of aliphatic hydroxyl groups excluding tert-OH is 5. The quantitative estimate of drug-likeness (QED) is 0.0195. The molecule has 0 aromatic rings. The zero-order chi connectivity index (χ0) is 63.0. The normalized spacial score (nSPS) is 18.0. The molecule has 0 bridgehead atoms. The highest BCUT2D eigenvalue weighted by Gasteiger charge is 2.44. The minimum atomic E-state index is -1.57. The van der Waals surface area contributed by atoms with Crippen LogP contribution >= 0.6 is 0 Å². The van der Waals surface area contributed by atoms with Gasteiger partial charge in [-0.05, 0) is 64.2 Å². The van der Waals surface area contributed by atoms with Gasteiger partial charge in [0.25, 0.3) is 0 Å². The number of hydrogen-bond donors (Lipinski definition) is 6. The van der Waals surface area contributed by atoms with Gasteiger partial charge in [-0.25, -0.2) is 0 Å². The molecule has 11 nitrogen and oxygen atoms in total. The lowest BCUT2D eigenvalue weighted by Gasteiger charge is -2.40. The van der Waals surface area contributed by atoms with Crippen LogP contribution in [0.3, 0.4) is 0 Å². The molecule has 0 aliphatic carbocycles. The molecular formula is C76H143NO10. The van der Waals surface area contributed by atoms with Crippen LogP contribution < -0.4 is 5.32 Å². The molecule has 1 aliphatic heterocycles. The van der Waals surface area contributed by atoms with Gasteiger partial charge >= 0.3 is 5.97 Å². The standard InChI is InChI=1S/C76H143NO10/c1-3-5-7-9-11-13-14-15-16-17-31-35-38-41-44-48-52-56-60-64-72(81)85-65-61-57-53-49-45-42-39-36-33-30-28-26-24-22-20-18-19-21-23-25-27-29-32-34-37-40-43-47-51-55-59-63-71(80)77-68(69(79)62-58-54-50-46-12-10-8-6-4-2)67-86-76-75(84)74(83)73(82)70(66-78)87-76/h11,13,15-16,58,62,68-70,73-76,78-79,82-84H,3-10,12,14,17-57,59-61,63-67H2,1-2H3,(H,77,80)/b13-11-,16-15-,62-58+. The highest BCUT2D eigenvalue weighted by Crippen LogP contribution is 2.24. The number of ether oxygens (including phenoxy) is 3. The molecule has 11 heteroatoms. The Morgan fingerprint density at radius 2 is 0.770 bits per heavy atom. The highest BCUT2D eigenvalue weighted by atomic mass is 16.7. The van der Waals surface area contributed by atoms with Crippen LogP contribution in [0.1, 0.15) is 373 Å². The Morgan fingerprint density at radius 1 is 0.425 bits per heavy atom. The molecule has 0 spiro atoms. The van der Waals surface area contributed by atoms with E-state index in [2.05, 4.69) is 43.5 Å². The van der Waals surface area contributed by atoms with Gasteiger partial charge in [-0.1, -0.05) is 333 Å². The van der Waals surface area contributed by atoms with Gasteiger partial charge in [0, 0.05) is 12.8 Å². The number of allylic oxidation sites excluding steroid dienone is 5. The first-order chi connectivity index (χ1) is 42.7. The van der Waals surface area contributed by atoms with Crippen LogP contribution in [-0.4, -0.2) is 100 Å². The van der Waals surface area contributed by atoms with E-state index in [1.165, 1.54) is 283 Å². The number of unbranched alkanes of at least 4 members (excludes halogenated alkanes) is 49. The molecule has 1 aliphatic rings. The summed E-state index contributed by atoms with van der Waals surface area (Å²) in [6.07, 6.45) is 74.6. The average Bonchev–Trinajstić information content (AvgIpc) is 3.36. The molecule has 0 radical (unpaired) electrons. The van der Waals surface area contributed by atoms with Gasteiger partial charge in [0.05, 0.1) is 32.0 Å².